The molecule has 0 radical (unpaired) electrons. The van der Waals surface area contributed by atoms with Crippen molar-refractivity contribution in [3.05, 3.63) is 0 Å². The second-order valence-corrected chi connectivity index (χ2v) is 5.72. The lowest BCUT2D eigenvalue weighted by molar-refractivity contribution is 0.124. The molecule has 1 aliphatic rings. The zero-order valence-corrected chi connectivity index (χ0v) is 11.2. The highest BCUT2D eigenvalue weighted by Crippen LogP contribution is 2.18. The van der Waals surface area contributed by atoms with E-state index in [0.29, 0.717) is 0 Å². The van der Waals surface area contributed by atoms with Gasteiger partial charge in [-0.3, -0.25) is 0 Å². The smallest absolute Gasteiger partial charge is 0.0113 e. The van der Waals surface area contributed by atoms with E-state index in [4.69, 9.17) is 0 Å². The fourth-order valence-electron chi connectivity index (χ4n) is 2.24. The standard InChI is InChI=1S/C13H28N2/c1-11(2)12(3)10-15-8-6-13(7-9-15)14(4)5/h11-13H,6-10H2,1-5H3/t12-/m0/s1. The Hall–Kier alpha value is -0.0800. The van der Waals surface area contributed by atoms with Crippen LogP contribution >= 0.6 is 0 Å². The van der Waals surface area contributed by atoms with Crippen molar-refractivity contribution >= 4 is 0 Å². The van der Waals surface area contributed by atoms with E-state index in [0.717, 1.165) is 17.9 Å². The summed E-state index contributed by atoms with van der Waals surface area (Å²) < 4.78 is 0. The molecule has 1 saturated heterocycles. The Labute approximate surface area is 95.6 Å². The molecule has 0 spiro atoms. The van der Waals surface area contributed by atoms with Gasteiger partial charge in [-0.2, -0.15) is 0 Å². The van der Waals surface area contributed by atoms with Gasteiger partial charge >= 0.3 is 0 Å². The van der Waals surface area contributed by atoms with Gasteiger partial charge in [0.25, 0.3) is 0 Å². The van der Waals surface area contributed by atoms with Gasteiger partial charge in [-0.25, -0.2) is 0 Å². The van der Waals surface area contributed by atoms with Crippen LogP contribution in [0.4, 0.5) is 0 Å². The molecule has 1 aliphatic heterocycles. The van der Waals surface area contributed by atoms with E-state index in [2.05, 4.69) is 44.7 Å². The maximum atomic E-state index is 2.64. The van der Waals surface area contributed by atoms with E-state index >= 15 is 0 Å². The quantitative estimate of drug-likeness (QED) is 0.705. The Bertz CT molecular complexity index is 169. The predicted molar refractivity (Wildman–Crippen MR) is 67.2 cm³/mol. The van der Waals surface area contributed by atoms with Crippen molar-refractivity contribution in [3.63, 3.8) is 0 Å². The van der Waals surface area contributed by atoms with Crippen LogP contribution in [0.1, 0.15) is 33.6 Å². The van der Waals surface area contributed by atoms with Gasteiger partial charge in [-0.05, 0) is 51.9 Å². The summed E-state index contributed by atoms with van der Waals surface area (Å²) in [6, 6.07) is 0.815. The van der Waals surface area contributed by atoms with Gasteiger partial charge in [0.05, 0.1) is 0 Å². The Morgan fingerprint density at radius 2 is 1.67 bits per heavy atom. The second-order valence-electron chi connectivity index (χ2n) is 5.72. The molecule has 2 heteroatoms. The minimum absolute atomic E-state index is 0.815. The molecule has 1 fully saturated rings. The Morgan fingerprint density at radius 3 is 2.07 bits per heavy atom. The molecule has 0 bridgehead atoms. The topological polar surface area (TPSA) is 6.48 Å². The first-order chi connectivity index (χ1) is 7.00. The predicted octanol–water partition coefficient (Wildman–Crippen LogP) is 2.30. The van der Waals surface area contributed by atoms with Gasteiger partial charge in [-0.15, -0.1) is 0 Å². The molecular weight excluding hydrogens is 184 g/mol. The summed E-state index contributed by atoms with van der Waals surface area (Å²) in [4.78, 5) is 5.02. The molecule has 0 aliphatic carbocycles. The molecule has 0 aromatic carbocycles. The van der Waals surface area contributed by atoms with Gasteiger partial charge in [0.15, 0.2) is 0 Å². The van der Waals surface area contributed by atoms with Gasteiger partial charge in [0.1, 0.15) is 0 Å². The Kier molecular flexibility index (Phi) is 5.07. The van der Waals surface area contributed by atoms with Gasteiger partial charge in [-0.1, -0.05) is 20.8 Å². The average molecular weight is 212 g/mol. The van der Waals surface area contributed by atoms with Crippen molar-refractivity contribution in [2.75, 3.05) is 33.7 Å². The fraction of sp³-hybridized carbons (Fsp3) is 1.00. The van der Waals surface area contributed by atoms with Crippen molar-refractivity contribution in [1.82, 2.24) is 9.80 Å². The summed E-state index contributed by atoms with van der Waals surface area (Å²) in [5, 5.41) is 0. The number of piperidine rings is 1. The summed E-state index contributed by atoms with van der Waals surface area (Å²) in [5.41, 5.74) is 0. The van der Waals surface area contributed by atoms with Crippen LogP contribution in [0.5, 0.6) is 0 Å². The molecule has 90 valence electrons. The first-order valence-corrected chi connectivity index (χ1v) is 6.39. The number of hydrogen-bond donors (Lipinski definition) is 0. The van der Waals surface area contributed by atoms with Crippen LogP contribution in [-0.2, 0) is 0 Å². The molecule has 2 nitrogen and oxygen atoms in total. The second kappa shape index (κ2) is 5.86. The van der Waals surface area contributed by atoms with Crippen molar-refractivity contribution in [2.24, 2.45) is 11.8 Å². The molecule has 15 heavy (non-hydrogen) atoms. The molecule has 1 atom stereocenters. The molecule has 0 aromatic heterocycles. The monoisotopic (exact) mass is 212 g/mol. The van der Waals surface area contributed by atoms with Gasteiger partial charge in [0.2, 0.25) is 0 Å². The van der Waals surface area contributed by atoms with Gasteiger partial charge in [0, 0.05) is 12.6 Å². The number of nitrogens with zero attached hydrogens (tertiary/aromatic N) is 2. The highest BCUT2D eigenvalue weighted by Gasteiger charge is 2.22. The van der Waals surface area contributed by atoms with E-state index in [1.165, 1.54) is 32.5 Å². The van der Waals surface area contributed by atoms with Crippen LogP contribution in [0.25, 0.3) is 0 Å². The molecule has 0 saturated carbocycles. The molecule has 0 aromatic rings. The van der Waals surface area contributed by atoms with Gasteiger partial charge < -0.3 is 9.80 Å². The summed E-state index contributed by atoms with van der Waals surface area (Å²) >= 11 is 0. The molecule has 1 heterocycles. The maximum absolute atomic E-state index is 2.64. The molecule has 0 unspecified atom stereocenters. The van der Waals surface area contributed by atoms with Crippen LogP contribution < -0.4 is 0 Å². The first-order valence-electron chi connectivity index (χ1n) is 6.39. The van der Waals surface area contributed by atoms with Crippen molar-refractivity contribution < 1.29 is 0 Å². The Balaban J connectivity index is 2.25. The van der Waals surface area contributed by atoms with Crippen LogP contribution in [0.3, 0.4) is 0 Å². The Morgan fingerprint density at radius 1 is 1.13 bits per heavy atom. The maximum Gasteiger partial charge on any atom is 0.0113 e. The fourth-order valence-corrected chi connectivity index (χ4v) is 2.24. The minimum Gasteiger partial charge on any atom is -0.306 e. The summed E-state index contributed by atoms with van der Waals surface area (Å²) in [6.45, 7) is 10.9. The summed E-state index contributed by atoms with van der Waals surface area (Å²) in [7, 11) is 4.41. The SMILES string of the molecule is CC(C)[C@@H](C)CN1CCC(N(C)C)CC1. The van der Waals surface area contributed by atoms with Crippen molar-refractivity contribution in [2.45, 2.75) is 39.7 Å². The van der Waals surface area contributed by atoms with Crippen LogP contribution in [0, 0.1) is 11.8 Å². The van der Waals surface area contributed by atoms with E-state index in [-0.39, 0.29) is 0 Å². The van der Waals surface area contributed by atoms with Crippen molar-refractivity contribution in [3.8, 4) is 0 Å². The van der Waals surface area contributed by atoms with E-state index in [1.807, 2.05) is 0 Å². The third kappa shape index (κ3) is 4.12. The largest absolute Gasteiger partial charge is 0.306 e. The zero-order chi connectivity index (χ0) is 11.4. The molecular formula is C13H28N2. The lowest BCUT2D eigenvalue weighted by Gasteiger charge is -2.36. The third-order valence-electron chi connectivity index (χ3n) is 3.97. The number of likely N-dealkylation sites (tertiary alicyclic amines) is 1. The summed E-state index contributed by atoms with van der Waals surface area (Å²) in [6.07, 6.45) is 2.69. The normalized spacial score (nSPS) is 22.6. The van der Waals surface area contributed by atoms with E-state index < -0.39 is 0 Å². The zero-order valence-electron chi connectivity index (χ0n) is 11.2. The third-order valence-corrected chi connectivity index (χ3v) is 3.97. The lowest BCUT2D eigenvalue weighted by Crippen LogP contribution is -2.43. The lowest BCUT2D eigenvalue weighted by atomic mass is 9.96. The van der Waals surface area contributed by atoms with Crippen molar-refractivity contribution in [1.29, 1.82) is 0 Å². The van der Waals surface area contributed by atoms with Crippen LogP contribution in [-0.4, -0.2) is 49.6 Å². The van der Waals surface area contributed by atoms with Crippen LogP contribution in [0.15, 0.2) is 0 Å². The summed E-state index contributed by atoms with van der Waals surface area (Å²) in [5.74, 6) is 1.65. The van der Waals surface area contributed by atoms with Crippen LogP contribution in [0.2, 0.25) is 0 Å². The first kappa shape index (κ1) is 13.0. The molecule has 0 amide bonds. The van der Waals surface area contributed by atoms with E-state index in [9.17, 15) is 0 Å². The highest BCUT2D eigenvalue weighted by molar-refractivity contribution is 4.78. The molecule has 0 N–H and O–H groups in total. The minimum atomic E-state index is 0.815. The highest BCUT2D eigenvalue weighted by atomic mass is 15.2. The molecule has 1 rings (SSSR count). The average Bonchev–Trinajstić information content (AvgIpc) is 2.18. The van der Waals surface area contributed by atoms with E-state index in [1.54, 1.807) is 0 Å². The number of rotatable bonds is 4. The number of hydrogen-bond acceptors (Lipinski definition) is 2.